The van der Waals surface area contributed by atoms with E-state index in [1.54, 1.807) is 41.5 Å². The highest BCUT2D eigenvalue weighted by molar-refractivity contribution is 5.89. The van der Waals surface area contributed by atoms with E-state index in [9.17, 15) is 18.8 Å². The highest BCUT2D eigenvalue weighted by Gasteiger charge is 2.39. The fourth-order valence-corrected chi connectivity index (χ4v) is 2.16. The van der Waals surface area contributed by atoms with Crippen molar-refractivity contribution in [2.45, 2.75) is 59.1 Å². The summed E-state index contributed by atoms with van der Waals surface area (Å²) >= 11 is 0. The Morgan fingerprint density at radius 2 is 1.71 bits per heavy atom. The fraction of sp³-hybridized carbons (Fsp3) is 0.833. The minimum atomic E-state index is -1.32. The molecule has 164 valence electrons. The first kappa shape index (κ1) is 26.1. The topological polar surface area (TPSA) is 106 Å². The van der Waals surface area contributed by atoms with Gasteiger partial charge >= 0.3 is 6.09 Å². The second kappa shape index (κ2) is 12.5. The van der Waals surface area contributed by atoms with Gasteiger partial charge in [0.05, 0.1) is 13.2 Å². The number of alkyl carbamates (subject to hydrolysis) is 1. The number of likely N-dealkylation sites (N-methyl/N-ethyl adjacent to an activating group) is 1. The fourth-order valence-electron chi connectivity index (χ4n) is 2.16. The van der Waals surface area contributed by atoms with Crippen LogP contribution in [0.3, 0.4) is 0 Å². The monoisotopic (exact) mass is 407 g/mol. The van der Waals surface area contributed by atoms with Crippen molar-refractivity contribution in [1.29, 1.82) is 0 Å². The first-order valence-corrected chi connectivity index (χ1v) is 9.35. The van der Waals surface area contributed by atoms with Crippen LogP contribution in [0.15, 0.2) is 0 Å². The van der Waals surface area contributed by atoms with E-state index in [4.69, 9.17) is 14.3 Å². The smallest absolute Gasteiger partial charge is 0.408 e. The van der Waals surface area contributed by atoms with E-state index < -0.39 is 35.7 Å². The third-order valence-corrected chi connectivity index (χ3v) is 3.48. The van der Waals surface area contributed by atoms with E-state index in [0.717, 1.165) is 0 Å². The molecule has 0 heterocycles. The number of carbonyl (C=O) groups excluding carboxylic acids is 3. The largest absolute Gasteiger partial charge is 0.444 e. The predicted molar refractivity (Wildman–Crippen MR) is 101 cm³/mol. The zero-order chi connectivity index (χ0) is 21.8. The average Bonchev–Trinajstić information content (AvgIpc) is 2.59. The Hall–Kier alpha value is -1.94. The summed E-state index contributed by atoms with van der Waals surface area (Å²) in [4.78, 5) is 41.3. The molecule has 0 rings (SSSR count). The van der Waals surface area contributed by atoms with Crippen molar-refractivity contribution in [3.8, 4) is 0 Å². The molecule has 0 radical (unpaired) electrons. The minimum absolute atomic E-state index is 0.118. The molecular weight excluding hydrogens is 373 g/mol. The van der Waals surface area contributed by atoms with Crippen LogP contribution in [0.1, 0.15) is 48.0 Å². The van der Waals surface area contributed by atoms with Crippen molar-refractivity contribution in [3.05, 3.63) is 0 Å². The van der Waals surface area contributed by atoms with Gasteiger partial charge in [0.25, 0.3) is 11.8 Å². The van der Waals surface area contributed by atoms with Crippen molar-refractivity contribution < 1.29 is 33.1 Å². The van der Waals surface area contributed by atoms with Crippen LogP contribution < -0.4 is 10.6 Å². The SMILES string of the molecule is CCON(CC)C(=O)C(C)(CCOCCNC(=O)CF)NC(=O)OC(C)(C)C. The van der Waals surface area contributed by atoms with Crippen molar-refractivity contribution >= 4 is 17.9 Å². The van der Waals surface area contributed by atoms with Crippen LogP contribution >= 0.6 is 0 Å². The number of amides is 3. The van der Waals surface area contributed by atoms with Gasteiger partial charge in [-0.1, -0.05) is 0 Å². The Morgan fingerprint density at radius 3 is 2.21 bits per heavy atom. The van der Waals surface area contributed by atoms with Gasteiger partial charge in [0.2, 0.25) is 0 Å². The summed E-state index contributed by atoms with van der Waals surface area (Å²) in [5, 5.41) is 6.12. The van der Waals surface area contributed by atoms with Gasteiger partial charge in [-0.15, -0.1) is 0 Å². The summed E-state index contributed by atoms with van der Waals surface area (Å²) in [5.41, 5.74) is -2.04. The number of halogens is 1. The average molecular weight is 407 g/mol. The number of nitrogens with zero attached hydrogens (tertiary/aromatic N) is 1. The van der Waals surface area contributed by atoms with Gasteiger partial charge in [-0.3, -0.25) is 14.4 Å². The number of ether oxygens (including phenoxy) is 2. The molecule has 0 aromatic heterocycles. The molecular formula is C18H34FN3O6. The summed E-state index contributed by atoms with van der Waals surface area (Å²) in [7, 11) is 0. The van der Waals surface area contributed by atoms with Gasteiger partial charge < -0.3 is 20.1 Å². The molecule has 9 nitrogen and oxygen atoms in total. The Kier molecular flexibility index (Phi) is 11.6. The zero-order valence-electron chi connectivity index (χ0n) is 17.7. The Balaban J connectivity index is 4.94. The molecule has 1 atom stereocenters. The molecule has 0 aliphatic heterocycles. The van der Waals surface area contributed by atoms with E-state index in [0.29, 0.717) is 13.2 Å². The van der Waals surface area contributed by atoms with Gasteiger partial charge in [0.15, 0.2) is 6.67 Å². The quantitative estimate of drug-likeness (QED) is 0.376. The van der Waals surface area contributed by atoms with Crippen LogP contribution in [0.4, 0.5) is 9.18 Å². The van der Waals surface area contributed by atoms with Gasteiger partial charge in [-0.2, -0.15) is 0 Å². The maximum Gasteiger partial charge on any atom is 0.408 e. The minimum Gasteiger partial charge on any atom is -0.444 e. The standard InChI is InChI=1S/C18H34FN3O6/c1-7-22(27-8-2)15(24)18(6,21-16(25)28-17(3,4)5)9-11-26-12-10-20-14(23)13-19/h7-13H2,1-6H3,(H,20,23)(H,21,25). The van der Waals surface area contributed by atoms with Crippen LogP contribution in [0.2, 0.25) is 0 Å². The molecule has 1 unspecified atom stereocenters. The zero-order valence-corrected chi connectivity index (χ0v) is 17.7. The van der Waals surface area contributed by atoms with Gasteiger partial charge in [0, 0.05) is 26.1 Å². The van der Waals surface area contributed by atoms with Gasteiger partial charge in [-0.05, 0) is 41.5 Å². The normalized spacial score (nSPS) is 13.4. The molecule has 0 bridgehead atoms. The maximum absolute atomic E-state index is 12.9. The number of carbonyl (C=O) groups is 3. The number of hydrogen-bond donors (Lipinski definition) is 2. The summed E-state index contributed by atoms with van der Waals surface area (Å²) in [6, 6.07) is 0. The lowest BCUT2D eigenvalue weighted by atomic mass is 9.97. The first-order chi connectivity index (χ1) is 13.0. The van der Waals surface area contributed by atoms with Crippen molar-refractivity contribution in [1.82, 2.24) is 15.7 Å². The molecule has 0 saturated carbocycles. The van der Waals surface area contributed by atoms with Crippen LogP contribution in [0.5, 0.6) is 0 Å². The Bertz CT molecular complexity index is 512. The molecule has 3 amide bonds. The highest BCUT2D eigenvalue weighted by atomic mass is 19.1. The maximum atomic E-state index is 12.9. The third-order valence-electron chi connectivity index (χ3n) is 3.48. The Morgan fingerprint density at radius 1 is 1.07 bits per heavy atom. The summed E-state index contributed by atoms with van der Waals surface area (Å²) < 4.78 is 22.7. The van der Waals surface area contributed by atoms with Gasteiger partial charge in [-0.25, -0.2) is 14.2 Å². The molecule has 10 heteroatoms. The Labute approximate surface area is 166 Å². The first-order valence-electron chi connectivity index (χ1n) is 9.35. The number of hydroxylamine groups is 2. The molecule has 0 aromatic carbocycles. The molecule has 28 heavy (non-hydrogen) atoms. The molecule has 0 spiro atoms. The van der Waals surface area contributed by atoms with E-state index in [-0.39, 0.29) is 26.2 Å². The highest BCUT2D eigenvalue weighted by Crippen LogP contribution is 2.17. The van der Waals surface area contributed by atoms with Crippen LogP contribution in [-0.4, -0.2) is 73.7 Å². The van der Waals surface area contributed by atoms with Crippen molar-refractivity contribution in [3.63, 3.8) is 0 Å². The predicted octanol–water partition coefficient (Wildman–Crippen LogP) is 1.56. The number of alkyl halides is 1. The molecule has 2 N–H and O–H groups in total. The van der Waals surface area contributed by atoms with Gasteiger partial charge in [0.1, 0.15) is 11.1 Å². The number of hydrogen-bond acceptors (Lipinski definition) is 6. The second-order valence-corrected chi connectivity index (χ2v) is 7.22. The van der Waals surface area contributed by atoms with Crippen molar-refractivity contribution in [2.75, 3.05) is 39.6 Å². The molecule has 0 saturated heterocycles. The van der Waals surface area contributed by atoms with E-state index in [1.807, 2.05) is 0 Å². The number of nitrogens with one attached hydrogen (secondary N) is 2. The molecule has 0 aliphatic carbocycles. The molecule has 0 aromatic rings. The summed E-state index contributed by atoms with van der Waals surface area (Å²) in [6.45, 7) is 10.2. The lowest BCUT2D eigenvalue weighted by molar-refractivity contribution is -0.190. The van der Waals surface area contributed by atoms with Crippen LogP contribution in [-0.2, 0) is 23.9 Å². The van der Waals surface area contributed by atoms with Crippen LogP contribution in [0.25, 0.3) is 0 Å². The molecule has 0 aliphatic rings. The van der Waals surface area contributed by atoms with E-state index >= 15 is 0 Å². The third kappa shape index (κ3) is 10.4. The summed E-state index contributed by atoms with van der Waals surface area (Å²) in [6.07, 6.45) is -0.586. The van der Waals surface area contributed by atoms with E-state index in [1.165, 1.54) is 5.06 Å². The lowest BCUT2D eigenvalue weighted by Crippen LogP contribution is -2.59. The van der Waals surface area contributed by atoms with Crippen molar-refractivity contribution in [2.24, 2.45) is 0 Å². The van der Waals surface area contributed by atoms with Crippen LogP contribution in [0, 0.1) is 0 Å². The number of rotatable bonds is 12. The lowest BCUT2D eigenvalue weighted by Gasteiger charge is -2.34. The second-order valence-electron chi connectivity index (χ2n) is 7.22. The van der Waals surface area contributed by atoms with E-state index in [2.05, 4.69) is 10.6 Å². The molecule has 0 fully saturated rings. The summed E-state index contributed by atoms with van der Waals surface area (Å²) in [5.74, 6) is -1.15.